The number of imidazole rings is 1. The summed E-state index contributed by atoms with van der Waals surface area (Å²) in [5, 5.41) is 24.6. The molecule has 0 bridgehead atoms. The minimum atomic E-state index is -1.27. The van der Waals surface area contributed by atoms with E-state index in [1.807, 2.05) is 4.57 Å². The highest BCUT2D eigenvalue weighted by Crippen LogP contribution is 2.42. The number of hydrogen-bond donors (Lipinski definition) is 2. The molecule has 1 aromatic heterocycles. The lowest BCUT2D eigenvalue weighted by molar-refractivity contribution is -0.385. The van der Waals surface area contributed by atoms with E-state index >= 15 is 0 Å². The molecule has 10 heteroatoms. The molecule has 2 heterocycles. The number of allylic oxidation sites excluding steroid dienone is 2. The summed E-state index contributed by atoms with van der Waals surface area (Å²) in [7, 11) is 0. The third-order valence-electron chi connectivity index (χ3n) is 4.99. The molecule has 0 aliphatic carbocycles. The summed E-state index contributed by atoms with van der Waals surface area (Å²) < 4.78 is 7.03. The Morgan fingerprint density at radius 3 is 2.68 bits per heavy atom. The molecule has 31 heavy (non-hydrogen) atoms. The number of ether oxygens (including phenoxy) is 1. The van der Waals surface area contributed by atoms with Crippen LogP contribution in [0.2, 0.25) is 0 Å². The van der Waals surface area contributed by atoms with Crippen LogP contribution in [0, 0.1) is 10.1 Å². The largest absolute Gasteiger partial charge is 0.478 e. The second kappa shape index (κ2) is 9.24. The first kappa shape index (κ1) is 21.8. The molecule has 1 aliphatic rings. The van der Waals surface area contributed by atoms with Crippen LogP contribution < -0.4 is 5.32 Å². The number of nitro groups is 1. The Bertz CT molecular complexity index is 1070. The van der Waals surface area contributed by atoms with Gasteiger partial charge in [-0.25, -0.2) is 14.6 Å². The maximum Gasteiger partial charge on any atom is 0.336 e. The normalized spacial score (nSPS) is 16.1. The van der Waals surface area contributed by atoms with Gasteiger partial charge in [-0.05, 0) is 13.8 Å². The summed E-state index contributed by atoms with van der Waals surface area (Å²) in [6, 6.07) is 5.83. The number of aryl methyl sites for hydroxylation is 1. The first-order valence-electron chi connectivity index (χ1n) is 9.65. The number of esters is 1. The van der Waals surface area contributed by atoms with Crippen LogP contribution in [0.5, 0.6) is 0 Å². The Labute approximate surface area is 178 Å². The lowest BCUT2D eigenvalue weighted by Gasteiger charge is -2.30. The molecular weight excluding hydrogens is 404 g/mol. The van der Waals surface area contributed by atoms with Gasteiger partial charge in [-0.2, -0.15) is 0 Å². The number of nitro benzene ring substituents is 1. The van der Waals surface area contributed by atoms with Crippen LogP contribution >= 0.6 is 0 Å². The molecule has 0 saturated heterocycles. The van der Waals surface area contributed by atoms with Gasteiger partial charge in [0.1, 0.15) is 0 Å². The second-order valence-corrected chi connectivity index (χ2v) is 6.88. The van der Waals surface area contributed by atoms with E-state index < -0.39 is 22.8 Å². The van der Waals surface area contributed by atoms with E-state index in [1.54, 1.807) is 38.6 Å². The average molecular weight is 426 g/mol. The summed E-state index contributed by atoms with van der Waals surface area (Å²) in [6.45, 7) is 3.75. The number of para-hydroxylation sites is 1. The monoisotopic (exact) mass is 426 g/mol. The van der Waals surface area contributed by atoms with Gasteiger partial charge in [0.2, 0.25) is 0 Å². The third-order valence-corrected chi connectivity index (χ3v) is 4.99. The van der Waals surface area contributed by atoms with Crippen molar-refractivity contribution in [3.05, 3.63) is 81.2 Å². The molecule has 1 aromatic carbocycles. The van der Waals surface area contributed by atoms with Gasteiger partial charge in [-0.15, -0.1) is 0 Å². The third kappa shape index (κ3) is 4.47. The molecule has 10 nitrogen and oxygen atoms in total. The van der Waals surface area contributed by atoms with Crippen LogP contribution in [0.4, 0.5) is 5.69 Å². The van der Waals surface area contributed by atoms with Crippen molar-refractivity contribution in [3.63, 3.8) is 0 Å². The van der Waals surface area contributed by atoms with Gasteiger partial charge in [0, 0.05) is 48.4 Å². The van der Waals surface area contributed by atoms with Gasteiger partial charge < -0.3 is 19.7 Å². The van der Waals surface area contributed by atoms with E-state index in [4.69, 9.17) is 4.74 Å². The van der Waals surface area contributed by atoms with Crippen molar-refractivity contribution in [1.82, 2.24) is 14.9 Å². The fourth-order valence-corrected chi connectivity index (χ4v) is 3.70. The predicted octanol–water partition coefficient (Wildman–Crippen LogP) is 2.74. The maximum atomic E-state index is 13.0. The number of carbonyl (C=O) groups is 2. The fourth-order valence-electron chi connectivity index (χ4n) is 3.70. The Kier molecular flexibility index (Phi) is 6.49. The van der Waals surface area contributed by atoms with Gasteiger partial charge in [-0.3, -0.25) is 10.1 Å². The highest BCUT2D eigenvalue weighted by molar-refractivity contribution is 5.99. The smallest absolute Gasteiger partial charge is 0.336 e. The number of nitrogens with one attached hydrogen (secondary N) is 1. The van der Waals surface area contributed by atoms with Crippen LogP contribution in [-0.2, 0) is 20.9 Å². The van der Waals surface area contributed by atoms with E-state index in [-0.39, 0.29) is 29.0 Å². The van der Waals surface area contributed by atoms with Crippen molar-refractivity contribution < 1.29 is 24.4 Å². The number of dihydropyridines is 1. The molecule has 0 fully saturated rings. The van der Waals surface area contributed by atoms with E-state index in [1.165, 1.54) is 18.2 Å². The molecule has 1 atom stereocenters. The number of aromatic nitrogens is 2. The molecule has 2 aromatic rings. The molecule has 3 rings (SSSR count). The molecule has 0 saturated carbocycles. The SMILES string of the molecule is CCOC(=O)C1=C(CCn2ccnc2)NC(C)=C(C(=O)O)C1c1ccccc1[N+](=O)[O-]. The first-order chi connectivity index (χ1) is 14.8. The van der Waals surface area contributed by atoms with Crippen LogP contribution in [0.3, 0.4) is 0 Å². The van der Waals surface area contributed by atoms with Crippen molar-refractivity contribution in [2.45, 2.75) is 32.7 Å². The summed E-state index contributed by atoms with van der Waals surface area (Å²) in [4.78, 5) is 40.2. The van der Waals surface area contributed by atoms with Crippen LogP contribution in [0.25, 0.3) is 0 Å². The highest BCUT2D eigenvalue weighted by atomic mass is 16.6. The van der Waals surface area contributed by atoms with Crippen molar-refractivity contribution in [1.29, 1.82) is 0 Å². The average Bonchev–Trinajstić information content (AvgIpc) is 3.25. The number of rotatable bonds is 8. The zero-order chi connectivity index (χ0) is 22.5. The highest BCUT2D eigenvalue weighted by Gasteiger charge is 2.40. The Hall–Kier alpha value is -3.95. The van der Waals surface area contributed by atoms with Crippen LogP contribution in [-0.4, -0.2) is 38.1 Å². The van der Waals surface area contributed by atoms with Gasteiger partial charge in [0.15, 0.2) is 0 Å². The molecule has 2 N–H and O–H groups in total. The minimum Gasteiger partial charge on any atom is -0.478 e. The quantitative estimate of drug-likeness (QED) is 0.373. The lowest BCUT2D eigenvalue weighted by atomic mass is 9.79. The van der Waals surface area contributed by atoms with Crippen molar-refractivity contribution in [3.8, 4) is 0 Å². The van der Waals surface area contributed by atoms with Crippen molar-refractivity contribution in [2.24, 2.45) is 0 Å². The second-order valence-electron chi connectivity index (χ2n) is 6.88. The number of hydrogen-bond acceptors (Lipinski definition) is 7. The Morgan fingerprint density at radius 2 is 2.06 bits per heavy atom. The Morgan fingerprint density at radius 1 is 1.32 bits per heavy atom. The molecule has 1 aliphatic heterocycles. The number of carboxylic acid groups (broad SMARTS) is 1. The summed E-state index contributed by atoms with van der Waals surface area (Å²) in [5.41, 5.74) is 0.538. The zero-order valence-electron chi connectivity index (χ0n) is 17.1. The Balaban J connectivity index is 2.20. The van der Waals surface area contributed by atoms with Gasteiger partial charge in [-0.1, -0.05) is 18.2 Å². The lowest BCUT2D eigenvalue weighted by Crippen LogP contribution is -2.33. The van der Waals surface area contributed by atoms with E-state index in [0.717, 1.165) is 0 Å². The van der Waals surface area contributed by atoms with Crippen molar-refractivity contribution in [2.75, 3.05) is 6.61 Å². The maximum absolute atomic E-state index is 13.0. The summed E-state index contributed by atoms with van der Waals surface area (Å²) in [5.74, 6) is -3.15. The molecule has 162 valence electrons. The number of aliphatic carboxylic acids is 1. The first-order valence-corrected chi connectivity index (χ1v) is 9.65. The van der Waals surface area contributed by atoms with Crippen LogP contribution in [0.15, 0.2) is 65.5 Å². The molecule has 1 unspecified atom stereocenters. The van der Waals surface area contributed by atoms with Crippen LogP contribution in [0.1, 0.15) is 31.7 Å². The van der Waals surface area contributed by atoms with Gasteiger partial charge in [0.05, 0.1) is 34.9 Å². The van der Waals surface area contributed by atoms with Crippen molar-refractivity contribution >= 4 is 17.6 Å². The molecule has 0 spiro atoms. The molecule has 0 amide bonds. The fraction of sp³-hybridized carbons (Fsp3) is 0.286. The number of carbonyl (C=O) groups excluding carboxylic acids is 1. The van der Waals surface area contributed by atoms with E-state index in [9.17, 15) is 24.8 Å². The van der Waals surface area contributed by atoms with Gasteiger partial charge >= 0.3 is 11.9 Å². The zero-order valence-corrected chi connectivity index (χ0v) is 17.1. The molecular formula is C21H22N4O6. The number of carboxylic acids is 1. The number of benzene rings is 1. The number of nitrogens with zero attached hydrogens (tertiary/aromatic N) is 3. The van der Waals surface area contributed by atoms with Gasteiger partial charge in [0.25, 0.3) is 5.69 Å². The predicted molar refractivity (Wildman–Crippen MR) is 110 cm³/mol. The molecule has 0 radical (unpaired) electrons. The summed E-state index contributed by atoms with van der Waals surface area (Å²) >= 11 is 0. The summed E-state index contributed by atoms with van der Waals surface area (Å²) in [6.07, 6.45) is 5.35. The topological polar surface area (TPSA) is 137 Å². The van der Waals surface area contributed by atoms with E-state index in [2.05, 4.69) is 10.3 Å². The van der Waals surface area contributed by atoms with E-state index in [0.29, 0.717) is 24.4 Å². The minimum absolute atomic E-state index is 0.0549. The standard InChI is InChI=1S/C21H22N4O6/c1-3-31-21(28)19-15(8-10-24-11-9-22-12-24)23-13(2)17(20(26)27)18(19)14-6-4-5-7-16(14)25(29)30/h4-7,9,11-12,18,23H,3,8,10H2,1-2H3,(H,26,27).